The molecule has 1 saturated heterocycles. The van der Waals surface area contributed by atoms with Gasteiger partial charge in [0.1, 0.15) is 5.82 Å². The maximum Gasteiger partial charge on any atom is 0.353 e. The van der Waals surface area contributed by atoms with E-state index in [0.717, 1.165) is 5.56 Å². The van der Waals surface area contributed by atoms with E-state index in [0.29, 0.717) is 30.6 Å². The first-order chi connectivity index (χ1) is 16.6. The number of nitro benzene ring substituents is 1. The molecule has 1 amide bonds. The van der Waals surface area contributed by atoms with Crippen LogP contribution in [-0.4, -0.2) is 52.4 Å². The molecule has 2 aromatic carbocycles. The molecular formula is C25H26FN3O6. The van der Waals surface area contributed by atoms with E-state index in [1.165, 1.54) is 24.3 Å². The van der Waals surface area contributed by atoms with E-state index >= 15 is 0 Å². The van der Waals surface area contributed by atoms with Crippen molar-refractivity contribution in [2.75, 3.05) is 19.7 Å². The molecule has 1 fully saturated rings. The van der Waals surface area contributed by atoms with E-state index in [9.17, 15) is 24.1 Å². The predicted octanol–water partition coefficient (Wildman–Crippen LogP) is 3.65. The van der Waals surface area contributed by atoms with Crippen molar-refractivity contribution in [3.8, 4) is 5.75 Å². The third-order valence-electron chi connectivity index (χ3n) is 6.32. The highest BCUT2D eigenvalue weighted by molar-refractivity contribution is 5.90. The molecule has 0 saturated carbocycles. The highest BCUT2D eigenvalue weighted by Gasteiger charge is 2.33. The van der Waals surface area contributed by atoms with Gasteiger partial charge in [-0.25, -0.2) is 9.18 Å². The van der Waals surface area contributed by atoms with Crippen LogP contribution in [0.1, 0.15) is 25.0 Å². The van der Waals surface area contributed by atoms with Gasteiger partial charge in [0.2, 0.25) is 11.3 Å². The molecular weight excluding hydrogens is 457 g/mol. The van der Waals surface area contributed by atoms with Gasteiger partial charge in [0.25, 0.3) is 5.91 Å². The Hall–Kier alpha value is -3.79. The molecule has 0 aliphatic carbocycles. The molecule has 4 rings (SSSR count). The summed E-state index contributed by atoms with van der Waals surface area (Å²) in [4.78, 5) is 39.7. The first-order valence-electron chi connectivity index (χ1n) is 11.3. The van der Waals surface area contributed by atoms with Crippen LogP contribution in [0.15, 0.2) is 51.7 Å². The van der Waals surface area contributed by atoms with Crippen LogP contribution in [0.3, 0.4) is 0 Å². The zero-order valence-electron chi connectivity index (χ0n) is 19.7. The lowest BCUT2D eigenvalue weighted by atomic mass is 10.1. The summed E-state index contributed by atoms with van der Waals surface area (Å²) in [5, 5.41) is 12.2. The van der Waals surface area contributed by atoms with Gasteiger partial charge in [0.15, 0.2) is 6.61 Å². The fourth-order valence-corrected chi connectivity index (χ4v) is 4.45. The number of hydrogen-bond donors (Lipinski definition) is 0. The zero-order chi connectivity index (χ0) is 25.3. The Bertz CT molecular complexity index is 1320. The topological polar surface area (TPSA) is 106 Å². The first-order valence-corrected chi connectivity index (χ1v) is 11.3. The average Bonchev–Trinajstić information content (AvgIpc) is 2.80. The molecule has 184 valence electrons. The van der Waals surface area contributed by atoms with Crippen LogP contribution in [0, 0.1) is 22.9 Å². The van der Waals surface area contributed by atoms with Crippen molar-refractivity contribution in [3.05, 3.63) is 79.9 Å². The summed E-state index contributed by atoms with van der Waals surface area (Å²) in [5.74, 6) is -0.722. The number of halogens is 1. The Labute approximate surface area is 200 Å². The number of piperazine rings is 1. The van der Waals surface area contributed by atoms with Crippen molar-refractivity contribution >= 4 is 22.6 Å². The summed E-state index contributed by atoms with van der Waals surface area (Å²) < 4.78 is 23.9. The van der Waals surface area contributed by atoms with Crippen LogP contribution in [0.5, 0.6) is 5.75 Å². The molecule has 0 bridgehead atoms. The Kier molecular flexibility index (Phi) is 6.83. The lowest BCUT2D eigenvalue weighted by Crippen LogP contribution is -2.58. The highest BCUT2D eigenvalue weighted by Crippen LogP contribution is 2.35. The normalized spacial score (nSPS) is 18.6. The molecule has 35 heavy (non-hydrogen) atoms. The number of carbonyl (C=O) groups is 1. The number of benzene rings is 2. The van der Waals surface area contributed by atoms with Crippen LogP contribution in [0.25, 0.3) is 11.0 Å². The van der Waals surface area contributed by atoms with Gasteiger partial charge >= 0.3 is 11.3 Å². The van der Waals surface area contributed by atoms with Crippen LogP contribution in [0.2, 0.25) is 0 Å². The Morgan fingerprint density at radius 3 is 2.57 bits per heavy atom. The molecule has 0 unspecified atom stereocenters. The maximum absolute atomic E-state index is 13.2. The summed E-state index contributed by atoms with van der Waals surface area (Å²) in [6, 6.07) is 10.5. The minimum atomic E-state index is -0.701. The molecule has 0 N–H and O–H groups in total. The molecule has 2 heterocycles. The fourth-order valence-electron chi connectivity index (χ4n) is 4.45. The van der Waals surface area contributed by atoms with E-state index in [1.807, 2.05) is 13.8 Å². The Morgan fingerprint density at radius 1 is 1.17 bits per heavy atom. The van der Waals surface area contributed by atoms with Crippen LogP contribution in [0.4, 0.5) is 10.1 Å². The van der Waals surface area contributed by atoms with Gasteiger partial charge in [0.05, 0.1) is 4.92 Å². The lowest BCUT2D eigenvalue weighted by Gasteiger charge is -2.44. The van der Waals surface area contributed by atoms with Gasteiger partial charge in [-0.2, -0.15) is 0 Å². The first kappa shape index (κ1) is 24.3. The SMILES string of the molecule is Cc1cc(=O)oc2c([N+](=O)[O-])c(OCC(=O)N3C[C@@H](C)N(Cc4ccc(F)cc4)C[C@@H]3C)ccc12. The zero-order valence-corrected chi connectivity index (χ0v) is 19.7. The summed E-state index contributed by atoms with van der Waals surface area (Å²) in [6.45, 7) is 6.91. The number of nitrogens with zero attached hydrogens (tertiary/aromatic N) is 3. The second-order valence-corrected chi connectivity index (χ2v) is 8.88. The molecule has 1 aliphatic rings. The number of rotatable bonds is 6. The van der Waals surface area contributed by atoms with Crippen molar-refractivity contribution in [3.63, 3.8) is 0 Å². The van der Waals surface area contributed by atoms with Gasteiger partial charge < -0.3 is 14.1 Å². The highest BCUT2D eigenvalue weighted by atomic mass is 19.1. The van der Waals surface area contributed by atoms with Crippen molar-refractivity contribution in [2.45, 2.75) is 39.4 Å². The minimum absolute atomic E-state index is 0.0486. The van der Waals surface area contributed by atoms with Gasteiger partial charge in [-0.15, -0.1) is 0 Å². The van der Waals surface area contributed by atoms with Crippen LogP contribution in [-0.2, 0) is 11.3 Å². The predicted molar refractivity (Wildman–Crippen MR) is 127 cm³/mol. The third kappa shape index (κ3) is 5.17. The van der Waals surface area contributed by atoms with E-state index in [1.54, 1.807) is 30.0 Å². The van der Waals surface area contributed by atoms with E-state index in [4.69, 9.17) is 9.15 Å². The Morgan fingerprint density at radius 2 is 1.89 bits per heavy atom. The maximum atomic E-state index is 13.2. The molecule has 9 nitrogen and oxygen atoms in total. The molecule has 3 aromatic rings. The van der Waals surface area contributed by atoms with E-state index in [-0.39, 0.29) is 35.1 Å². The van der Waals surface area contributed by atoms with Gasteiger partial charge in [-0.05, 0) is 56.2 Å². The largest absolute Gasteiger partial charge is 0.477 e. The molecule has 1 aromatic heterocycles. The molecule has 0 radical (unpaired) electrons. The second-order valence-electron chi connectivity index (χ2n) is 8.88. The summed E-state index contributed by atoms with van der Waals surface area (Å²) in [7, 11) is 0. The quantitative estimate of drug-likeness (QED) is 0.299. The number of hydrogen-bond acceptors (Lipinski definition) is 7. The van der Waals surface area contributed by atoms with E-state index in [2.05, 4.69) is 4.90 Å². The van der Waals surface area contributed by atoms with Crippen molar-refractivity contribution < 1.29 is 23.3 Å². The standard InChI is InChI=1S/C25H26FN3O6/c1-15-10-23(31)35-25-20(15)8-9-21(24(25)29(32)33)34-14-22(30)28-12-16(2)27(11-17(28)3)13-18-4-6-19(26)7-5-18/h4-10,16-17H,11-14H2,1-3H3/t16-,17+/m1/s1. The van der Waals surface area contributed by atoms with Crippen LogP contribution < -0.4 is 10.4 Å². The number of ether oxygens (including phenoxy) is 1. The third-order valence-corrected chi connectivity index (χ3v) is 6.32. The number of nitro groups is 1. The monoisotopic (exact) mass is 483 g/mol. The van der Waals surface area contributed by atoms with Crippen molar-refractivity contribution in [1.82, 2.24) is 9.80 Å². The second kappa shape index (κ2) is 9.83. The lowest BCUT2D eigenvalue weighted by molar-refractivity contribution is -0.384. The molecule has 1 aliphatic heterocycles. The number of amides is 1. The minimum Gasteiger partial charge on any atom is -0.477 e. The van der Waals surface area contributed by atoms with Crippen molar-refractivity contribution in [1.29, 1.82) is 0 Å². The van der Waals surface area contributed by atoms with Gasteiger partial charge in [0, 0.05) is 43.2 Å². The molecule has 2 atom stereocenters. The Balaban J connectivity index is 1.46. The van der Waals surface area contributed by atoms with Crippen molar-refractivity contribution in [2.24, 2.45) is 0 Å². The smallest absolute Gasteiger partial charge is 0.353 e. The van der Waals surface area contributed by atoms with Crippen LogP contribution >= 0.6 is 0 Å². The molecule has 0 spiro atoms. The van der Waals surface area contributed by atoms with E-state index < -0.39 is 22.8 Å². The average molecular weight is 483 g/mol. The summed E-state index contributed by atoms with van der Waals surface area (Å²) >= 11 is 0. The number of carbonyl (C=O) groups excluding carboxylic acids is 1. The molecule has 10 heteroatoms. The summed E-state index contributed by atoms with van der Waals surface area (Å²) in [5.41, 5.74) is 0.165. The summed E-state index contributed by atoms with van der Waals surface area (Å²) in [6.07, 6.45) is 0. The van der Waals surface area contributed by atoms with Gasteiger partial charge in [-0.3, -0.25) is 19.8 Å². The number of aryl methyl sites for hydroxylation is 1. The number of fused-ring (bicyclic) bond motifs is 1. The fraction of sp³-hybridized carbons (Fsp3) is 0.360. The van der Waals surface area contributed by atoms with Gasteiger partial charge in [-0.1, -0.05) is 12.1 Å².